The van der Waals surface area contributed by atoms with Crippen molar-refractivity contribution in [1.29, 1.82) is 0 Å². The number of pyridine rings is 1. The normalized spacial score (nSPS) is 15.8. The maximum Gasteiger partial charge on any atom is 0.435 e. The first-order chi connectivity index (χ1) is 14.3. The molecule has 4 N–H and O–H groups in total. The summed E-state index contributed by atoms with van der Waals surface area (Å²) in [5.74, 6) is -1.11. The molecule has 0 saturated heterocycles. The molecule has 0 radical (unpaired) electrons. The Labute approximate surface area is 169 Å². The summed E-state index contributed by atoms with van der Waals surface area (Å²) < 4.78 is 41.2. The predicted octanol–water partition coefficient (Wildman–Crippen LogP) is 2.10. The van der Waals surface area contributed by atoms with E-state index < -0.39 is 35.3 Å². The first kappa shape index (κ1) is 21.1. The minimum Gasteiger partial charge on any atom is -0.384 e. The zero-order valence-corrected chi connectivity index (χ0v) is 15.7. The molecular weight excluding hydrogens is 401 g/mol. The third-order valence-corrected chi connectivity index (χ3v) is 4.29. The third-order valence-electron chi connectivity index (χ3n) is 4.29. The Morgan fingerprint density at radius 2 is 1.90 bits per heavy atom. The second-order valence-corrected chi connectivity index (χ2v) is 6.47. The van der Waals surface area contributed by atoms with Crippen LogP contribution in [-0.4, -0.2) is 39.7 Å². The number of nitrogens with two attached hydrogens (primary N) is 1. The number of carbonyl (C=O) groups excluding carboxylic acids is 2. The molecule has 0 saturated carbocycles. The number of hydrogen-bond acceptors (Lipinski definition) is 5. The number of aromatic nitrogens is 3. The number of amides is 2. The largest absolute Gasteiger partial charge is 0.435 e. The fraction of sp³-hybridized carbons (Fsp3) is 0.263. The Kier molecular flexibility index (Phi) is 6.19. The summed E-state index contributed by atoms with van der Waals surface area (Å²) in [4.78, 5) is 28.1. The van der Waals surface area contributed by atoms with Gasteiger partial charge in [-0.25, -0.2) is 4.98 Å². The van der Waals surface area contributed by atoms with Gasteiger partial charge in [0.1, 0.15) is 5.82 Å². The van der Waals surface area contributed by atoms with E-state index in [9.17, 15) is 22.8 Å². The molecule has 158 valence electrons. The number of nitrogen functional groups attached to an aromatic ring is 1. The lowest BCUT2D eigenvalue weighted by molar-refractivity contribution is -0.141. The van der Waals surface area contributed by atoms with Crippen molar-refractivity contribution in [3.05, 3.63) is 65.7 Å². The van der Waals surface area contributed by atoms with Crippen molar-refractivity contribution in [3.8, 4) is 0 Å². The van der Waals surface area contributed by atoms with Gasteiger partial charge in [-0.2, -0.15) is 18.3 Å². The van der Waals surface area contributed by atoms with E-state index in [1.807, 2.05) is 0 Å². The average molecular weight is 420 g/mol. The van der Waals surface area contributed by atoms with Crippen LogP contribution in [0.4, 0.5) is 19.0 Å². The summed E-state index contributed by atoms with van der Waals surface area (Å²) in [6.07, 6.45) is 5.09. The van der Waals surface area contributed by atoms with E-state index in [1.165, 1.54) is 18.3 Å². The van der Waals surface area contributed by atoms with E-state index >= 15 is 0 Å². The highest BCUT2D eigenvalue weighted by molar-refractivity contribution is 5.95. The number of anilines is 1. The highest BCUT2D eigenvalue weighted by Gasteiger charge is 2.39. The number of nitrogens with zero attached hydrogens (tertiary/aromatic N) is 3. The van der Waals surface area contributed by atoms with Crippen LogP contribution in [0, 0.1) is 0 Å². The van der Waals surface area contributed by atoms with Crippen molar-refractivity contribution in [2.75, 3.05) is 18.8 Å². The summed E-state index contributed by atoms with van der Waals surface area (Å²) in [5, 5.41) is 8.49. The summed E-state index contributed by atoms with van der Waals surface area (Å²) >= 11 is 0. The van der Waals surface area contributed by atoms with E-state index in [1.54, 1.807) is 24.3 Å². The van der Waals surface area contributed by atoms with Gasteiger partial charge >= 0.3 is 6.18 Å². The molecule has 0 spiro atoms. The summed E-state index contributed by atoms with van der Waals surface area (Å²) in [6, 6.07) is 2.55. The molecule has 3 rings (SSSR count). The molecule has 1 aliphatic rings. The first-order valence-corrected chi connectivity index (χ1v) is 9.03. The maximum absolute atomic E-state index is 13.3. The number of rotatable bonds is 6. The number of hydrogen-bond donors (Lipinski definition) is 3. The maximum atomic E-state index is 13.3. The molecule has 1 atom stereocenters. The number of halogens is 3. The van der Waals surface area contributed by atoms with Gasteiger partial charge in [-0.1, -0.05) is 24.3 Å². The highest BCUT2D eigenvalue weighted by atomic mass is 19.4. The molecule has 2 heterocycles. The van der Waals surface area contributed by atoms with Crippen LogP contribution in [0.3, 0.4) is 0 Å². The Morgan fingerprint density at radius 1 is 1.17 bits per heavy atom. The summed E-state index contributed by atoms with van der Waals surface area (Å²) in [7, 11) is 0. The molecule has 0 aromatic carbocycles. The topological polar surface area (TPSA) is 115 Å². The minimum atomic E-state index is -4.78. The Balaban J connectivity index is 1.61. The van der Waals surface area contributed by atoms with Crippen LogP contribution in [0.15, 0.2) is 48.8 Å². The molecule has 2 aromatic heterocycles. The van der Waals surface area contributed by atoms with Crippen molar-refractivity contribution in [3.63, 3.8) is 0 Å². The summed E-state index contributed by atoms with van der Waals surface area (Å²) in [5.41, 5.74) is 3.89. The number of nitrogens with one attached hydrogen (secondary N) is 2. The predicted molar refractivity (Wildman–Crippen MR) is 102 cm³/mol. The smallest absolute Gasteiger partial charge is 0.384 e. The van der Waals surface area contributed by atoms with Crippen LogP contribution in [-0.2, 0) is 6.18 Å². The van der Waals surface area contributed by atoms with Crippen LogP contribution in [0.5, 0.6) is 0 Å². The van der Waals surface area contributed by atoms with Crippen LogP contribution < -0.4 is 16.4 Å². The van der Waals surface area contributed by atoms with Gasteiger partial charge in [0.25, 0.3) is 11.8 Å². The average Bonchev–Trinajstić information content (AvgIpc) is 3.18. The standard InChI is InChI=1S/C19H19F3N6O2/c20-19(21,22)16-14(11-28(27-16)13-4-2-1-3-5-13)18(30)25-9-8-24-17(29)12-6-7-15(23)26-10-12/h1-4,6-7,10-11,13H,5,8-9H2,(H2,23,26)(H,24,29)(H,25,30). The molecule has 2 aromatic rings. The molecule has 0 aliphatic heterocycles. The van der Waals surface area contributed by atoms with Crippen molar-refractivity contribution in [1.82, 2.24) is 25.4 Å². The molecule has 1 aliphatic carbocycles. The van der Waals surface area contributed by atoms with Gasteiger partial charge in [0.2, 0.25) is 0 Å². The monoisotopic (exact) mass is 420 g/mol. The Hall–Kier alpha value is -3.63. The van der Waals surface area contributed by atoms with E-state index in [0.29, 0.717) is 6.42 Å². The zero-order chi connectivity index (χ0) is 21.7. The van der Waals surface area contributed by atoms with E-state index in [-0.39, 0.29) is 24.5 Å². The van der Waals surface area contributed by atoms with Gasteiger partial charge in [-0.3, -0.25) is 14.3 Å². The van der Waals surface area contributed by atoms with Crippen molar-refractivity contribution in [2.24, 2.45) is 0 Å². The van der Waals surface area contributed by atoms with E-state index in [2.05, 4.69) is 20.7 Å². The fourth-order valence-electron chi connectivity index (χ4n) is 2.79. The lowest BCUT2D eigenvalue weighted by Crippen LogP contribution is -2.35. The van der Waals surface area contributed by atoms with Crippen molar-refractivity contribution in [2.45, 2.75) is 18.6 Å². The molecule has 8 nitrogen and oxygen atoms in total. The second-order valence-electron chi connectivity index (χ2n) is 6.47. The fourth-order valence-corrected chi connectivity index (χ4v) is 2.79. The summed E-state index contributed by atoms with van der Waals surface area (Å²) in [6.45, 7) is -0.0535. The van der Waals surface area contributed by atoms with E-state index in [4.69, 9.17) is 5.73 Å². The quantitative estimate of drug-likeness (QED) is 0.619. The second kappa shape index (κ2) is 8.80. The van der Waals surface area contributed by atoms with Gasteiger partial charge < -0.3 is 16.4 Å². The lowest BCUT2D eigenvalue weighted by atomic mass is 10.1. The molecule has 11 heteroatoms. The Morgan fingerprint density at radius 3 is 2.50 bits per heavy atom. The van der Waals surface area contributed by atoms with Crippen LogP contribution in [0.2, 0.25) is 0 Å². The van der Waals surface area contributed by atoms with Crippen molar-refractivity contribution >= 4 is 17.6 Å². The van der Waals surface area contributed by atoms with Gasteiger partial charge in [0.15, 0.2) is 5.69 Å². The van der Waals surface area contributed by atoms with Crippen LogP contribution in [0.25, 0.3) is 0 Å². The first-order valence-electron chi connectivity index (χ1n) is 9.03. The highest BCUT2D eigenvalue weighted by Crippen LogP contribution is 2.32. The number of allylic oxidation sites excluding steroid dienone is 4. The molecule has 0 bridgehead atoms. The van der Waals surface area contributed by atoms with Gasteiger partial charge in [-0.05, 0) is 18.6 Å². The van der Waals surface area contributed by atoms with Crippen LogP contribution >= 0.6 is 0 Å². The zero-order valence-electron chi connectivity index (χ0n) is 15.7. The molecular formula is C19H19F3N6O2. The Bertz CT molecular complexity index is 979. The van der Waals surface area contributed by atoms with Crippen molar-refractivity contribution < 1.29 is 22.8 Å². The molecule has 0 fully saturated rings. The van der Waals surface area contributed by atoms with Gasteiger partial charge in [0, 0.05) is 25.5 Å². The van der Waals surface area contributed by atoms with Gasteiger partial charge in [-0.15, -0.1) is 0 Å². The number of alkyl halides is 3. The number of carbonyl (C=O) groups is 2. The minimum absolute atomic E-state index is 0.0145. The lowest BCUT2D eigenvalue weighted by Gasteiger charge is -2.13. The third kappa shape index (κ3) is 5.04. The molecule has 30 heavy (non-hydrogen) atoms. The SMILES string of the molecule is Nc1ccc(C(=O)NCCNC(=O)c2cn(C3C=CC=CC3)nc2C(F)(F)F)cn1. The van der Waals surface area contributed by atoms with Gasteiger partial charge in [0.05, 0.1) is 17.2 Å². The van der Waals surface area contributed by atoms with Crippen LogP contribution in [0.1, 0.15) is 38.9 Å². The van der Waals surface area contributed by atoms with E-state index in [0.717, 1.165) is 10.9 Å². The molecule has 2 amide bonds. The molecule has 1 unspecified atom stereocenters.